The first-order valence-electron chi connectivity index (χ1n) is 9.32. The zero-order valence-corrected chi connectivity index (χ0v) is 17.2. The first-order valence-corrected chi connectivity index (χ1v) is 10.8. The molecule has 2 N–H and O–H groups in total. The minimum Gasteiger partial charge on any atom is -0.325 e. The Kier molecular flexibility index (Phi) is 6.78. The van der Waals surface area contributed by atoms with Crippen molar-refractivity contribution in [3.05, 3.63) is 84.2 Å². The Hall–Kier alpha value is -3.70. The zero-order valence-electron chi connectivity index (χ0n) is 16.4. The van der Waals surface area contributed by atoms with Crippen molar-refractivity contribution in [3.63, 3.8) is 0 Å². The predicted molar refractivity (Wildman–Crippen MR) is 115 cm³/mol. The van der Waals surface area contributed by atoms with E-state index in [4.69, 9.17) is 5.26 Å². The fraction of sp³-hybridized carbons (Fsp3) is 0.136. The largest absolute Gasteiger partial charge is 0.325 e. The van der Waals surface area contributed by atoms with Gasteiger partial charge in [0.15, 0.2) is 6.19 Å². The summed E-state index contributed by atoms with van der Waals surface area (Å²) in [5.41, 5.74) is 2.63. The van der Waals surface area contributed by atoms with Gasteiger partial charge in [-0.1, -0.05) is 31.2 Å². The monoisotopic (exact) mass is 419 g/mol. The second-order valence-electron chi connectivity index (χ2n) is 6.41. The molecule has 3 aromatic rings. The van der Waals surface area contributed by atoms with Crippen LogP contribution >= 0.6 is 0 Å². The van der Waals surface area contributed by atoms with Gasteiger partial charge in [0.1, 0.15) is 0 Å². The Bertz CT molecular complexity index is 1150. The summed E-state index contributed by atoms with van der Waals surface area (Å²) in [4.78, 5) is 8.78. The highest BCUT2D eigenvalue weighted by molar-refractivity contribution is 7.91. The summed E-state index contributed by atoms with van der Waals surface area (Å²) in [5.74, 6) is 0.288. The van der Waals surface area contributed by atoms with Gasteiger partial charge in [0.05, 0.1) is 16.3 Å². The number of aliphatic imine (C=N–C) groups is 1. The standard InChI is InChI=1S/C22H21N5O2S/c1-2-17-3-7-20(8-4-17)30(28,29)21-9-5-18(6-10-21)15-25-22(26-16-23)27-19-11-13-24-14-12-19/h3-14H,2,15H2,1H3,(H2,24,25,26,27). The van der Waals surface area contributed by atoms with Crippen LogP contribution in [0.2, 0.25) is 0 Å². The van der Waals surface area contributed by atoms with Crippen molar-refractivity contribution in [1.82, 2.24) is 10.3 Å². The van der Waals surface area contributed by atoms with E-state index in [0.717, 1.165) is 23.2 Å². The molecular formula is C22H21N5O2S. The smallest absolute Gasteiger partial charge is 0.209 e. The van der Waals surface area contributed by atoms with Crippen molar-refractivity contribution in [2.24, 2.45) is 4.99 Å². The van der Waals surface area contributed by atoms with Crippen LogP contribution in [0.5, 0.6) is 0 Å². The van der Waals surface area contributed by atoms with E-state index in [2.05, 4.69) is 20.6 Å². The molecule has 8 heteroatoms. The Morgan fingerprint density at radius 3 is 2.07 bits per heavy atom. The molecule has 0 saturated carbocycles. The number of benzene rings is 2. The average Bonchev–Trinajstić information content (AvgIpc) is 2.78. The minimum atomic E-state index is -3.57. The summed E-state index contributed by atoms with van der Waals surface area (Å²) in [6, 6.07) is 17.0. The maximum Gasteiger partial charge on any atom is 0.209 e. The lowest BCUT2D eigenvalue weighted by Gasteiger charge is -2.08. The van der Waals surface area contributed by atoms with Crippen molar-refractivity contribution >= 4 is 21.5 Å². The van der Waals surface area contributed by atoms with Gasteiger partial charge in [-0.3, -0.25) is 10.3 Å². The normalized spacial score (nSPS) is 11.5. The molecule has 0 radical (unpaired) electrons. The lowest BCUT2D eigenvalue weighted by Crippen LogP contribution is -2.26. The van der Waals surface area contributed by atoms with Crippen molar-refractivity contribution < 1.29 is 8.42 Å². The van der Waals surface area contributed by atoms with Crippen LogP contribution in [-0.2, 0) is 22.8 Å². The van der Waals surface area contributed by atoms with Gasteiger partial charge in [0.25, 0.3) is 0 Å². The lowest BCUT2D eigenvalue weighted by atomic mass is 10.2. The molecule has 0 aliphatic heterocycles. The molecule has 0 aliphatic carbocycles. The Balaban J connectivity index is 1.74. The number of aromatic nitrogens is 1. The number of nitrogens with zero attached hydrogens (tertiary/aromatic N) is 3. The lowest BCUT2D eigenvalue weighted by molar-refractivity contribution is 0.596. The highest BCUT2D eigenvalue weighted by Crippen LogP contribution is 2.22. The van der Waals surface area contributed by atoms with Crippen LogP contribution in [0.3, 0.4) is 0 Å². The molecule has 0 fully saturated rings. The number of pyridine rings is 1. The topological polar surface area (TPSA) is 107 Å². The maximum absolute atomic E-state index is 12.8. The van der Waals surface area contributed by atoms with E-state index in [1.165, 1.54) is 0 Å². The quantitative estimate of drug-likeness (QED) is 0.274. The van der Waals surface area contributed by atoms with E-state index in [0.29, 0.717) is 0 Å². The second kappa shape index (κ2) is 9.67. The molecule has 2 aromatic carbocycles. The molecular weight excluding hydrogens is 398 g/mol. The third-order valence-corrected chi connectivity index (χ3v) is 6.20. The average molecular weight is 420 g/mol. The molecule has 1 heterocycles. The van der Waals surface area contributed by atoms with Crippen molar-refractivity contribution in [2.75, 3.05) is 5.32 Å². The van der Waals surface area contributed by atoms with Gasteiger partial charge in [-0.25, -0.2) is 13.4 Å². The Morgan fingerprint density at radius 1 is 0.967 bits per heavy atom. The fourth-order valence-corrected chi connectivity index (χ4v) is 3.98. The molecule has 0 aliphatic rings. The van der Waals surface area contributed by atoms with E-state index in [9.17, 15) is 8.42 Å². The van der Waals surface area contributed by atoms with Crippen molar-refractivity contribution in [2.45, 2.75) is 29.7 Å². The number of anilines is 1. The van der Waals surface area contributed by atoms with E-state index < -0.39 is 9.84 Å². The van der Waals surface area contributed by atoms with E-state index >= 15 is 0 Å². The number of hydrogen-bond donors (Lipinski definition) is 2. The van der Waals surface area contributed by atoms with Crippen LogP contribution in [0.4, 0.5) is 5.69 Å². The molecule has 0 amide bonds. The molecule has 0 spiro atoms. The maximum atomic E-state index is 12.8. The summed E-state index contributed by atoms with van der Waals surface area (Å²) in [5, 5.41) is 14.4. The molecule has 1 aromatic heterocycles. The Labute approximate surface area is 176 Å². The fourth-order valence-electron chi connectivity index (χ4n) is 2.72. The predicted octanol–water partition coefficient (Wildman–Crippen LogP) is 3.52. The molecule has 152 valence electrons. The first-order chi connectivity index (χ1) is 14.5. The minimum absolute atomic E-state index is 0.227. The van der Waals surface area contributed by atoms with Crippen LogP contribution in [0.15, 0.2) is 87.8 Å². The SMILES string of the molecule is CCc1ccc(S(=O)(=O)c2ccc(CN=C(NC#N)Nc3ccncc3)cc2)cc1. The summed E-state index contributed by atoms with van der Waals surface area (Å²) in [7, 11) is -3.57. The summed E-state index contributed by atoms with van der Waals surface area (Å²) < 4.78 is 25.6. The highest BCUT2D eigenvalue weighted by atomic mass is 32.2. The first kappa shape index (κ1) is 21.0. The van der Waals surface area contributed by atoms with Crippen LogP contribution in [-0.4, -0.2) is 19.4 Å². The number of hydrogen-bond acceptors (Lipinski definition) is 5. The Morgan fingerprint density at radius 2 is 1.53 bits per heavy atom. The van der Waals surface area contributed by atoms with Gasteiger partial charge in [0.2, 0.25) is 15.8 Å². The summed E-state index contributed by atoms with van der Waals surface area (Å²) in [6.07, 6.45) is 5.95. The molecule has 7 nitrogen and oxygen atoms in total. The third kappa shape index (κ3) is 5.21. The van der Waals surface area contributed by atoms with E-state index in [1.807, 2.05) is 25.2 Å². The summed E-state index contributed by atoms with van der Waals surface area (Å²) in [6.45, 7) is 2.29. The number of nitrogens with one attached hydrogen (secondary N) is 2. The molecule has 0 atom stereocenters. The van der Waals surface area contributed by atoms with Gasteiger partial charge in [-0.2, -0.15) is 5.26 Å². The van der Waals surface area contributed by atoms with Crippen LogP contribution in [0.1, 0.15) is 18.1 Å². The molecule has 0 unspecified atom stereocenters. The number of rotatable bonds is 6. The molecule has 0 bridgehead atoms. The van der Waals surface area contributed by atoms with Crippen LogP contribution in [0.25, 0.3) is 0 Å². The van der Waals surface area contributed by atoms with E-state index in [-0.39, 0.29) is 22.3 Å². The van der Waals surface area contributed by atoms with Gasteiger partial charge >= 0.3 is 0 Å². The molecule has 3 rings (SSSR count). The highest BCUT2D eigenvalue weighted by Gasteiger charge is 2.17. The van der Waals surface area contributed by atoms with Crippen molar-refractivity contribution in [1.29, 1.82) is 5.26 Å². The third-order valence-electron chi connectivity index (χ3n) is 4.41. The number of guanidine groups is 1. The molecule has 30 heavy (non-hydrogen) atoms. The number of sulfone groups is 1. The zero-order chi connectivity index (χ0) is 21.4. The van der Waals surface area contributed by atoms with E-state index in [1.54, 1.807) is 60.9 Å². The number of nitriles is 1. The van der Waals surface area contributed by atoms with Gasteiger partial charge in [-0.15, -0.1) is 0 Å². The number of aryl methyl sites for hydroxylation is 1. The van der Waals surface area contributed by atoms with Crippen LogP contribution < -0.4 is 10.6 Å². The van der Waals surface area contributed by atoms with Gasteiger partial charge < -0.3 is 5.32 Å². The molecule has 0 saturated heterocycles. The second-order valence-corrected chi connectivity index (χ2v) is 8.36. The van der Waals surface area contributed by atoms with Gasteiger partial charge in [0, 0.05) is 18.1 Å². The van der Waals surface area contributed by atoms with Crippen LogP contribution in [0, 0.1) is 11.5 Å². The van der Waals surface area contributed by atoms with Gasteiger partial charge in [-0.05, 0) is 53.9 Å². The summed E-state index contributed by atoms with van der Waals surface area (Å²) >= 11 is 0. The van der Waals surface area contributed by atoms with Crippen molar-refractivity contribution in [3.8, 4) is 6.19 Å².